The number of halogens is 1. The Kier molecular flexibility index (Phi) is 4.66. The van der Waals surface area contributed by atoms with E-state index in [4.69, 9.17) is 16.3 Å². The predicted octanol–water partition coefficient (Wildman–Crippen LogP) is 2.60. The maximum absolute atomic E-state index is 12.1. The number of fused-ring (bicyclic) bond motifs is 1. The van der Waals surface area contributed by atoms with Gasteiger partial charge in [0.05, 0.1) is 23.9 Å². The molecule has 3 rings (SSSR count). The zero-order valence-corrected chi connectivity index (χ0v) is 13.6. The highest BCUT2D eigenvalue weighted by atomic mass is 35.5. The molecular formula is C15H18ClN5O2. The number of aromatic nitrogens is 3. The maximum Gasteiger partial charge on any atom is 0.319 e. The van der Waals surface area contributed by atoms with Crippen molar-refractivity contribution < 1.29 is 9.53 Å². The molecule has 0 radical (unpaired) electrons. The smallest absolute Gasteiger partial charge is 0.319 e. The summed E-state index contributed by atoms with van der Waals surface area (Å²) in [5.41, 5.74) is 0.531. The number of nitrogens with one attached hydrogen (secondary N) is 2. The zero-order valence-electron chi connectivity index (χ0n) is 12.8. The molecule has 0 saturated carbocycles. The summed E-state index contributed by atoms with van der Waals surface area (Å²) in [6.07, 6.45) is 2.02. The molecule has 0 aliphatic carbocycles. The van der Waals surface area contributed by atoms with E-state index in [0.717, 1.165) is 31.0 Å². The van der Waals surface area contributed by atoms with Crippen LogP contribution in [0.2, 0.25) is 5.02 Å². The number of hydrogen-bond acceptors (Lipinski definition) is 4. The van der Waals surface area contributed by atoms with Crippen LogP contribution < -0.4 is 15.4 Å². The van der Waals surface area contributed by atoms with Crippen LogP contribution in [-0.2, 0) is 19.5 Å². The van der Waals surface area contributed by atoms with Crippen molar-refractivity contribution >= 4 is 23.3 Å². The number of rotatable bonds is 5. The van der Waals surface area contributed by atoms with Gasteiger partial charge in [0.15, 0.2) is 11.6 Å². The van der Waals surface area contributed by atoms with Gasteiger partial charge in [0.25, 0.3) is 0 Å². The lowest BCUT2D eigenvalue weighted by Gasteiger charge is -2.13. The van der Waals surface area contributed by atoms with E-state index in [1.807, 2.05) is 11.5 Å². The summed E-state index contributed by atoms with van der Waals surface area (Å²) in [5, 5.41) is 14.2. The van der Waals surface area contributed by atoms with Gasteiger partial charge in [-0.1, -0.05) is 17.7 Å². The molecule has 2 heterocycles. The molecule has 0 atom stereocenters. The minimum absolute atomic E-state index is 0.323. The van der Waals surface area contributed by atoms with Gasteiger partial charge in [-0.25, -0.2) is 4.79 Å². The lowest BCUT2D eigenvalue weighted by atomic mass is 10.3. The second-order valence-electron chi connectivity index (χ2n) is 5.14. The SMILES string of the molecule is CCOc1c(Cl)cccc1NC(=O)NCc1nnc2n1CCC2. The highest BCUT2D eigenvalue weighted by Crippen LogP contribution is 2.32. The average molecular weight is 336 g/mol. The maximum atomic E-state index is 12.1. The van der Waals surface area contributed by atoms with E-state index in [1.165, 1.54) is 0 Å². The molecule has 1 aromatic heterocycles. The molecule has 0 fully saturated rings. The first-order valence-corrected chi connectivity index (χ1v) is 7.94. The number of hydrogen-bond donors (Lipinski definition) is 2. The van der Waals surface area contributed by atoms with E-state index in [9.17, 15) is 4.79 Å². The van der Waals surface area contributed by atoms with E-state index < -0.39 is 0 Å². The van der Waals surface area contributed by atoms with E-state index in [-0.39, 0.29) is 6.03 Å². The van der Waals surface area contributed by atoms with Crippen molar-refractivity contribution in [2.24, 2.45) is 0 Å². The quantitative estimate of drug-likeness (QED) is 0.880. The van der Waals surface area contributed by atoms with E-state index in [0.29, 0.717) is 29.6 Å². The molecule has 0 bridgehead atoms. The topological polar surface area (TPSA) is 81.1 Å². The third kappa shape index (κ3) is 3.39. The Morgan fingerprint density at radius 3 is 3.13 bits per heavy atom. The van der Waals surface area contributed by atoms with Crippen LogP contribution in [0, 0.1) is 0 Å². The molecule has 2 amide bonds. The largest absolute Gasteiger partial charge is 0.490 e. The van der Waals surface area contributed by atoms with Crippen LogP contribution in [0.3, 0.4) is 0 Å². The molecule has 8 heteroatoms. The lowest BCUT2D eigenvalue weighted by molar-refractivity contribution is 0.251. The summed E-state index contributed by atoms with van der Waals surface area (Å²) >= 11 is 6.10. The molecule has 0 saturated heterocycles. The molecule has 7 nitrogen and oxygen atoms in total. The van der Waals surface area contributed by atoms with Crippen molar-refractivity contribution in [3.63, 3.8) is 0 Å². The van der Waals surface area contributed by atoms with Gasteiger partial charge >= 0.3 is 6.03 Å². The van der Waals surface area contributed by atoms with Crippen molar-refractivity contribution in [1.82, 2.24) is 20.1 Å². The van der Waals surface area contributed by atoms with Crippen LogP contribution in [-0.4, -0.2) is 27.4 Å². The van der Waals surface area contributed by atoms with Gasteiger partial charge in [0, 0.05) is 13.0 Å². The minimum Gasteiger partial charge on any atom is -0.490 e. The van der Waals surface area contributed by atoms with Crippen LogP contribution >= 0.6 is 11.6 Å². The van der Waals surface area contributed by atoms with Crippen LogP contribution in [0.4, 0.5) is 10.5 Å². The fourth-order valence-corrected chi connectivity index (χ4v) is 2.79. The van der Waals surface area contributed by atoms with E-state index >= 15 is 0 Å². The summed E-state index contributed by atoms with van der Waals surface area (Å²) in [4.78, 5) is 12.1. The van der Waals surface area contributed by atoms with Gasteiger partial charge in [0.1, 0.15) is 5.82 Å². The molecule has 1 aromatic carbocycles. The van der Waals surface area contributed by atoms with Gasteiger partial charge in [-0.15, -0.1) is 10.2 Å². The van der Waals surface area contributed by atoms with E-state index in [1.54, 1.807) is 18.2 Å². The molecule has 0 spiro atoms. The number of anilines is 1. The fraction of sp³-hybridized carbons (Fsp3) is 0.400. The molecule has 2 N–H and O–H groups in total. The standard InChI is InChI=1S/C15H18ClN5O2/c1-2-23-14-10(16)5-3-6-11(14)18-15(22)17-9-13-20-19-12-7-4-8-21(12)13/h3,5-6H,2,4,7-9H2,1H3,(H2,17,18,22). The van der Waals surface area contributed by atoms with Crippen molar-refractivity contribution in [2.45, 2.75) is 32.9 Å². The Hall–Kier alpha value is -2.28. The molecule has 122 valence electrons. The second-order valence-corrected chi connectivity index (χ2v) is 5.55. The molecule has 2 aromatic rings. The first-order chi connectivity index (χ1) is 11.2. The van der Waals surface area contributed by atoms with Gasteiger partial charge in [0.2, 0.25) is 0 Å². The minimum atomic E-state index is -0.344. The number of para-hydroxylation sites is 1. The Labute approximate surface area is 139 Å². The second kappa shape index (κ2) is 6.87. The zero-order chi connectivity index (χ0) is 16.2. The summed E-state index contributed by atoms with van der Waals surface area (Å²) < 4.78 is 7.53. The average Bonchev–Trinajstić information content (AvgIpc) is 3.12. The first-order valence-electron chi connectivity index (χ1n) is 7.56. The summed E-state index contributed by atoms with van der Waals surface area (Å²) in [7, 11) is 0. The van der Waals surface area contributed by atoms with E-state index in [2.05, 4.69) is 20.8 Å². The third-order valence-corrected chi connectivity index (χ3v) is 3.89. The van der Waals surface area contributed by atoms with Crippen molar-refractivity contribution in [2.75, 3.05) is 11.9 Å². The Balaban J connectivity index is 1.62. The Morgan fingerprint density at radius 1 is 1.43 bits per heavy atom. The van der Waals surface area contributed by atoms with Crippen LogP contribution in [0.15, 0.2) is 18.2 Å². The molecule has 1 aliphatic rings. The summed E-state index contributed by atoms with van der Waals surface area (Å²) in [6, 6.07) is 4.87. The number of aryl methyl sites for hydroxylation is 1. The first kappa shape index (κ1) is 15.6. The summed E-state index contributed by atoms with van der Waals surface area (Å²) in [6.45, 7) is 3.55. The van der Waals surface area contributed by atoms with Crippen LogP contribution in [0.1, 0.15) is 25.0 Å². The molecule has 0 unspecified atom stereocenters. The number of carbonyl (C=O) groups excluding carboxylic acids is 1. The van der Waals surface area contributed by atoms with Crippen molar-refractivity contribution in [3.8, 4) is 5.75 Å². The Morgan fingerprint density at radius 2 is 2.30 bits per heavy atom. The van der Waals surface area contributed by atoms with Crippen molar-refractivity contribution in [3.05, 3.63) is 34.9 Å². The van der Waals surface area contributed by atoms with Crippen molar-refractivity contribution in [1.29, 1.82) is 0 Å². The number of carbonyl (C=O) groups is 1. The number of urea groups is 1. The molecular weight excluding hydrogens is 318 g/mol. The van der Waals surface area contributed by atoms with Crippen LogP contribution in [0.25, 0.3) is 0 Å². The highest BCUT2D eigenvalue weighted by Gasteiger charge is 2.18. The number of ether oxygens (including phenoxy) is 1. The number of nitrogens with zero attached hydrogens (tertiary/aromatic N) is 3. The number of benzene rings is 1. The highest BCUT2D eigenvalue weighted by molar-refractivity contribution is 6.32. The monoisotopic (exact) mass is 335 g/mol. The lowest BCUT2D eigenvalue weighted by Crippen LogP contribution is -2.29. The summed E-state index contributed by atoms with van der Waals surface area (Å²) in [5.74, 6) is 2.22. The Bertz CT molecular complexity index is 716. The van der Waals surface area contributed by atoms with Gasteiger partial charge in [-0.2, -0.15) is 0 Å². The normalized spacial score (nSPS) is 12.8. The van der Waals surface area contributed by atoms with Gasteiger partial charge in [-0.05, 0) is 25.5 Å². The van der Waals surface area contributed by atoms with Crippen LogP contribution in [0.5, 0.6) is 5.75 Å². The molecule has 1 aliphatic heterocycles. The molecule has 23 heavy (non-hydrogen) atoms. The van der Waals surface area contributed by atoms with Gasteiger partial charge < -0.3 is 19.9 Å². The van der Waals surface area contributed by atoms with Gasteiger partial charge in [-0.3, -0.25) is 0 Å². The number of amides is 2. The predicted molar refractivity (Wildman–Crippen MR) is 86.8 cm³/mol. The fourth-order valence-electron chi connectivity index (χ4n) is 2.57. The third-order valence-electron chi connectivity index (χ3n) is 3.60.